The third-order valence-electron chi connectivity index (χ3n) is 6.78. The monoisotopic (exact) mass is 601 g/mol. The van der Waals surface area contributed by atoms with Gasteiger partial charge in [-0.1, -0.05) is 6.42 Å². The Balaban J connectivity index is 2.18. The Labute approximate surface area is 247 Å². The molecule has 0 aliphatic carbocycles. The Morgan fingerprint density at radius 1 is 1.02 bits per heavy atom. The largest absolute Gasteiger partial charge is 0.356 e. The summed E-state index contributed by atoms with van der Waals surface area (Å²) in [6.07, 6.45) is 5.11. The maximum atomic E-state index is 12.6. The normalized spacial score (nSPS) is 16.7. The van der Waals surface area contributed by atoms with Crippen LogP contribution in [-0.2, 0) is 28.8 Å². The lowest BCUT2D eigenvalue weighted by Gasteiger charge is -2.15. The number of nitrogens with one attached hydrogen (secondary N) is 3. The van der Waals surface area contributed by atoms with E-state index in [9.17, 15) is 28.8 Å². The quantitative estimate of drug-likeness (QED) is 0.0601. The second-order valence-electron chi connectivity index (χ2n) is 9.98. The third-order valence-corrected chi connectivity index (χ3v) is 8.36. The van der Waals surface area contributed by atoms with Gasteiger partial charge in [-0.15, -0.1) is 11.8 Å². The molecule has 40 heavy (non-hydrogen) atoms. The van der Waals surface area contributed by atoms with Crippen molar-refractivity contribution in [3.05, 3.63) is 0 Å². The van der Waals surface area contributed by atoms with Crippen molar-refractivity contribution in [3.8, 4) is 0 Å². The number of Topliss-reactive ketones (excluding diaryl/α,β-unsaturated/α-hetero) is 3. The van der Waals surface area contributed by atoms with Crippen molar-refractivity contribution < 1.29 is 28.8 Å². The molecule has 1 aliphatic heterocycles. The molecule has 3 atom stereocenters. The van der Waals surface area contributed by atoms with Crippen LogP contribution in [0.1, 0.15) is 71.1 Å². The molecule has 1 aliphatic rings. The second-order valence-corrected chi connectivity index (χ2v) is 11.5. The number of hydrogen-bond acceptors (Lipinski definition) is 11. The average molecular weight is 602 g/mol. The van der Waals surface area contributed by atoms with Gasteiger partial charge in [-0.2, -0.15) is 12.6 Å². The fourth-order valence-electron chi connectivity index (χ4n) is 4.25. The summed E-state index contributed by atoms with van der Waals surface area (Å²) in [6.45, 7) is 3.46. The molecule has 0 saturated carbocycles. The van der Waals surface area contributed by atoms with E-state index in [-0.39, 0.29) is 79.1 Å². The summed E-state index contributed by atoms with van der Waals surface area (Å²) in [6, 6.07) is -0.546. The number of likely N-dealkylation sites (N-methyl/N-ethyl adjacent to an activating group) is 1. The number of likely N-dealkylation sites (tertiary alicyclic amines) is 1. The predicted molar refractivity (Wildman–Crippen MR) is 160 cm³/mol. The van der Waals surface area contributed by atoms with Gasteiger partial charge in [0.25, 0.3) is 0 Å². The van der Waals surface area contributed by atoms with Gasteiger partial charge in [-0.25, -0.2) is 0 Å². The van der Waals surface area contributed by atoms with E-state index in [0.29, 0.717) is 31.8 Å². The topological polar surface area (TPSA) is 168 Å². The smallest absolute Gasteiger partial charge is 0.242 e. The maximum absolute atomic E-state index is 12.6. The van der Waals surface area contributed by atoms with Crippen molar-refractivity contribution in [2.75, 3.05) is 44.7 Å². The summed E-state index contributed by atoms with van der Waals surface area (Å²) < 4.78 is 0. The molecule has 1 rings (SSSR count). The van der Waals surface area contributed by atoms with E-state index in [2.05, 4.69) is 28.6 Å². The fraction of sp³-hybridized carbons (Fsp3) is 0.778. The first-order chi connectivity index (χ1) is 19.1. The molecule has 3 amide bonds. The Morgan fingerprint density at radius 2 is 1.75 bits per heavy atom. The van der Waals surface area contributed by atoms with Gasteiger partial charge < -0.3 is 21.7 Å². The second kappa shape index (κ2) is 21.0. The molecule has 0 aromatic carbocycles. The van der Waals surface area contributed by atoms with Crippen LogP contribution in [0.15, 0.2) is 0 Å². The van der Waals surface area contributed by atoms with Crippen LogP contribution < -0.4 is 21.7 Å². The first-order valence-electron chi connectivity index (χ1n) is 14.1. The zero-order chi connectivity index (χ0) is 29.9. The van der Waals surface area contributed by atoms with Crippen LogP contribution in [0.2, 0.25) is 0 Å². The number of nitrogens with zero attached hydrogens (tertiary/aromatic N) is 1. The molecule has 1 saturated heterocycles. The Bertz CT molecular complexity index is 855. The van der Waals surface area contributed by atoms with E-state index < -0.39 is 11.3 Å². The molecule has 1 fully saturated rings. The summed E-state index contributed by atoms with van der Waals surface area (Å²) in [4.78, 5) is 74.1. The number of rotatable bonds is 24. The number of nitrogens with two attached hydrogens (primary N) is 1. The number of unbranched alkanes of at least 4 members (excludes halogenated alkanes) is 2. The highest BCUT2D eigenvalue weighted by atomic mass is 32.2. The number of thioether (sulfide) groups is 1. The number of imide groups is 1. The van der Waals surface area contributed by atoms with Crippen molar-refractivity contribution in [2.24, 2.45) is 5.73 Å². The highest BCUT2D eigenvalue weighted by molar-refractivity contribution is 8.01. The van der Waals surface area contributed by atoms with Crippen LogP contribution in [0.25, 0.3) is 0 Å². The van der Waals surface area contributed by atoms with Gasteiger partial charge in [0, 0.05) is 44.5 Å². The van der Waals surface area contributed by atoms with Gasteiger partial charge in [-0.05, 0) is 59.2 Å². The van der Waals surface area contributed by atoms with Crippen LogP contribution in [-0.4, -0.2) is 102 Å². The van der Waals surface area contributed by atoms with Crippen LogP contribution in [0, 0.1) is 0 Å². The Morgan fingerprint density at radius 3 is 2.40 bits per heavy atom. The summed E-state index contributed by atoms with van der Waals surface area (Å²) in [7, 11) is 1.67. The van der Waals surface area contributed by atoms with Crippen molar-refractivity contribution in [1.29, 1.82) is 0 Å². The van der Waals surface area contributed by atoms with E-state index in [1.807, 2.05) is 0 Å². The SMILES string of the molecule is CN[C@@H](CS)C(=O)CSC1CC(=O)N(CCC(=O)CCCC(=O)NCCCCN[C@@H](CCCCN)C(C)=O)C1=O. The van der Waals surface area contributed by atoms with Crippen LogP contribution >= 0.6 is 24.4 Å². The van der Waals surface area contributed by atoms with Gasteiger partial charge in [-0.3, -0.25) is 33.7 Å². The molecule has 0 aromatic heterocycles. The van der Waals surface area contributed by atoms with E-state index in [4.69, 9.17) is 5.73 Å². The summed E-state index contributed by atoms with van der Waals surface area (Å²) in [5.41, 5.74) is 5.50. The first kappa shape index (κ1) is 36.2. The average Bonchev–Trinajstić information content (AvgIpc) is 3.19. The fourth-order valence-corrected chi connectivity index (χ4v) is 5.73. The van der Waals surface area contributed by atoms with Gasteiger partial charge in [0.15, 0.2) is 5.78 Å². The van der Waals surface area contributed by atoms with Crippen molar-refractivity contribution in [2.45, 2.75) is 88.5 Å². The zero-order valence-corrected chi connectivity index (χ0v) is 25.6. The third kappa shape index (κ3) is 14.2. The molecule has 1 heterocycles. The minimum atomic E-state index is -0.611. The van der Waals surface area contributed by atoms with Gasteiger partial charge in [0.1, 0.15) is 11.6 Å². The first-order valence-corrected chi connectivity index (χ1v) is 15.8. The Kier molecular flexibility index (Phi) is 19.0. The van der Waals surface area contributed by atoms with Crippen LogP contribution in [0.5, 0.6) is 0 Å². The molecule has 228 valence electrons. The van der Waals surface area contributed by atoms with Crippen molar-refractivity contribution >= 4 is 59.5 Å². The van der Waals surface area contributed by atoms with E-state index in [1.54, 1.807) is 14.0 Å². The summed E-state index contributed by atoms with van der Waals surface area (Å²) in [5.74, 6) is -0.424. The number of carbonyl (C=O) groups is 6. The summed E-state index contributed by atoms with van der Waals surface area (Å²) in [5, 5.41) is 8.36. The highest BCUT2D eigenvalue weighted by Gasteiger charge is 2.39. The molecule has 0 bridgehead atoms. The van der Waals surface area contributed by atoms with Gasteiger partial charge in [0.2, 0.25) is 17.7 Å². The number of amides is 3. The minimum Gasteiger partial charge on any atom is -0.356 e. The van der Waals surface area contributed by atoms with Crippen LogP contribution in [0.4, 0.5) is 0 Å². The number of hydrogen-bond donors (Lipinski definition) is 5. The molecular weight excluding hydrogens is 554 g/mol. The number of carbonyl (C=O) groups excluding carboxylic acids is 6. The predicted octanol–water partition coefficient (Wildman–Crippen LogP) is 0.636. The lowest BCUT2D eigenvalue weighted by Crippen LogP contribution is -2.37. The molecule has 5 N–H and O–H groups in total. The van der Waals surface area contributed by atoms with E-state index >= 15 is 0 Å². The molecule has 13 heteroatoms. The maximum Gasteiger partial charge on any atom is 0.242 e. The zero-order valence-electron chi connectivity index (χ0n) is 23.9. The van der Waals surface area contributed by atoms with Gasteiger partial charge >= 0.3 is 0 Å². The number of thiol groups is 1. The summed E-state index contributed by atoms with van der Waals surface area (Å²) >= 11 is 5.27. The highest BCUT2D eigenvalue weighted by Crippen LogP contribution is 2.25. The van der Waals surface area contributed by atoms with E-state index in [1.165, 1.54) is 0 Å². The molecule has 0 spiro atoms. The van der Waals surface area contributed by atoms with Crippen LogP contribution in [0.3, 0.4) is 0 Å². The molecule has 0 aromatic rings. The lowest BCUT2D eigenvalue weighted by molar-refractivity contribution is -0.138. The number of ketones is 3. The molecule has 1 unspecified atom stereocenters. The van der Waals surface area contributed by atoms with Crippen molar-refractivity contribution in [1.82, 2.24) is 20.9 Å². The van der Waals surface area contributed by atoms with E-state index in [0.717, 1.165) is 48.8 Å². The van der Waals surface area contributed by atoms with Crippen molar-refractivity contribution in [3.63, 3.8) is 0 Å². The molecule has 11 nitrogen and oxygen atoms in total. The minimum absolute atomic E-state index is 0.0228. The van der Waals surface area contributed by atoms with Gasteiger partial charge in [0.05, 0.1) is 23.1 Å². The molecule has 0 radical (unpaired) electrons. The Hall–Kier alpha value is -1.80. The molecular formula is C27H47N5O6S2. The standard InChI is InChI=1S/C27H47N5O6S2/c1-19(33)21(9-3-4-12-28)30-13-5-6-14-31-25(36)10-7-8-20(34)11-15-32-26(37)16-24(27(32)38)40-18-23(35)22(17-39)29-2/h21-22,24,29-30,39H,3-18,28H2,1-2H3,(H,31,36)/t21-,22-,24?/m0/s1. The lowest BCUT2D eigenvalue weighted by atomic mass is 10.1.